The maximum Gasteiger partial charge on any atom is 0.243 e. The van der Waals surface area contributed by atoms with Gasteiger partial charge in [-0.25, -0.2) is 8.42 Å². The zero-order chi connectivity index (χ0) is 14.9. The van der Waals surface area contributed by atoms with E-state index in [1.54, 1.807) is 25.3 Å². The molecule has 1 aromatic carbocycles. The van der Waals surface area contributed by atoms with Crippen molar-refractivity contribution in [1.29, 1.82) is 0 Å². The van der Waals surface area contributed by atoms with Crippen LogP contribution in [0.15, 0.2) is 23.1 Å². The molecule has 7 heteroatoms. The zero-order valence-corrected chi connectivity index (χ0v) is 14.2. The molecule has 1 heterocycles. The highest BCUT2D eigenvalue weighted by atomic mass is 35.5. The summed E-state index contributed by atoms with van der Waals surface area (Å²) in [5, 5.41) is 0. The second-order valence-electron chi connectivity index (χ2n) is 5.40. The molecular formula is C14H23ClN2O3S. The maximum absolute atomic E-state index is 12.6. The Kier molecular flexibility index (Phi) is 6.04. The summed E-state index contributed by atoms with van der Waals surface area (Å²) in [5.41, 5.74) is 6.68. The number of rotatable bonds is 4. The van der Waals surface area contributed by atoms with E-state index in [0.29, 0.717) is 23.7 Å². The highest BCUT2D eigenvalue weighted by Gasteiger charge is 2.34. The molecule has 1 aromatic rings. The van der Waals surface area contributed by atoms with E-state index in [-0.39, 0.29) is 24.4 Å². The van der Waals surface area contributed by atoms with Crippen molar-refractivity contribution in [3.8, 4) is 5.75 Å². The second-order valence-corrected chi connectivity index (χ2v) is 7.34. The summed E-state index contributed by atoms with van der Waals surface area (Å²) in [7, 11) is -1.86. The van der Waals surface area contributed by atoms with E-state index >= 15 is 0 Å². The number of hydrogen-bond acceptors (Lipinski definition) is 4. The lowest BCUT2D eigenvalue weighted by atomic mass is 10.0. The molecule has 21 heavy (non-hydrogen) atoms. The molecule has 1 aliphatic rings. The number of methoxy groups -OCH3 is 1. The van der Waals surface area contributed by atoms with Crippen molar-refractivity contribution in [3.63, 3.8) is 0 Å². The second kappa shape index (κ2) is 6.96. The Morgan fingerprint density at radius 1 is 1.43 bits per heavy atom. The van der Waals surface area contributed by atoms with Gasteiger partial charge >= 0.3 is 0 Å². The summed E-state index contributed by atoms with van der Waals surface area (Å²) in [4.78, 5) is 0.320. The van der Waals surface area contributed by atoms with Crippen molar-refractivity contribution in [2.24, 2.45) is 11.7 Å². The quantitative estimate of drug-likeness (QED) is 0.911. The Bertz CT molecular complexity index is 590. The number of hydrogen-bond donors (Lipinski definition) is 1. The number of ether oxygens (including phenoxy) is 1. The van der Waals surface area contributed by atoms with Crippen molar-refractivity contribution in [3.05, 3.63) is 23.8 Å². The maximum atomic E-state index is 12.6. The SMILES string of the molecule is COc1ccc(S(=O)(=O)N2CCC(C(C)N)C2)cc1C.Cl. The fourth-order valence-electron chi connectivity index (χ4n) is 2.56. The van der Waals surface area contributed by atoms with Crippen molar-refractivity contribution >= 4 is 22.4 Å². The van der Waals surface area contributed by atoms with Gasteiger partial charge in [-0.2, -0.15) is 4.31 Å². The average molecular weight is 335 g/mol. The third kappa shape index (κ3) is 3.69. The molecular weight excluding hydrogens is 312 g/mol. The summed E-state index contributed by atoms with van der Waals surface area (Å²) < 4.78 is 31.9. The Morgan fingerprint density at radius 3 is 2.57 bits per heavy atom. The van der Waals surface area contributed by atoms with E-state index < -0.39 is 10.0 Å². The Hall–Kier alpha value is -0.820. The largest absolute Gasteiger partial charge is 0.496 e. The third-order valence-corrected chi connectivity index (χ3v) is 5.80. The molecule has 1 aliphatic heterocycles. The van der Waals surface area contributed by atoms with E-state index in [9.17, 15) is 8.42 Å². The topological polar surface area (TPSA) is 72.6 Å². The molecule has 5 nitrogen and oxygen atoms in total. The first-order chi connectivity index (χ1) is 9.36. The summed E-state index contributed by atoms with van der Waals surface area (Å²) in [6, 6.07) is 4.97. The lowest BCUT2D eigenvalue weighted by molar-refractivity contribution is 0.410. The van der Waals surface area contributed by atoms with Crippen LogP contribution in [0.4, 0.5) is 0 Å². The minimum absolute atomic E-state index is 0. The van der Waals surface area contributed by atoms with Gasteiger partial charge in [0.15, 0.2) is 0 Å². The van der Waals surface area contributed by atoms with Gasteiger partial charge in [0.1, 0.15) is 5.75 Å². The molecule has 2 unspecified atom stereocenters. The van der Waals surface area contributed by atoms with E-state index in [2.05, 4.69) is 0 Å². The first-order valence-corrected chi connectivity index (χ1v) is 8.20. The van der Waals surface area contributed by atoms with Crippen molar-refractivity contribution < 1.29 is 13.2 Å². The van der Waals surface area contributed by atoms with Crippen LogP contribution in [-0.2, 0) is 10.0 Å². The highest BCUT2D eigenvalue weighted by molar-refractivity contribution is 7.89. The molecule has 2 rings (SSSR count). The number of benzene rings is 1. The third-order valence-electron chi connectivity index (χ3n) is 3.94. The molecule has 1 saturated heterocycles. The molecule has 120 valence electrons. The van der Waals surface area contributed by atoms with E-state index in [1.807, 2.05) is 13.8 Å². The average Bonchev–Trinajstić information content (AvgIpc) is 2.89. The van der Waals surface area contributed by atoms with Crippen LogP contribution in [0.2, 0.25) is 0 Å². The number of aryl methyl sites for hydroxylation is 1. The van der Waals surface area contributed by atoms with E-state index in [1.165, 1.54) is 4.31 Å². The van der Waals surface area contributed by atoms with Gasteiger partial charge in [0.05, 0.1) is 12.0 Å². The van der Waals surface area contributed by atoms with Crippen LogP contribution in [0, 0.1) is 12.8 Å². The summed E-state index contributed by atoms with van der Waals surface area (Å²) >= 11 is 0. The van der Waals surface area contributed by atoms with Gasteiger partial charge in [-0.15, -0.1) is 12.4 Å². The van der Waals surface area contributed by atoms with Crippen LogP contribution >= 0.6 is 12.4 Å². The number of nitrogens with zero attached hydrogens (tertiary/aromatic N) is 1. The summed E-state index contributed by atoms with van der Waals surface area (Å²) in [6.07, 6.45) is 0.825. The minimum atomic E-state index is -3.43. The van der Waals surface area contributed by atoms with E-state index in [4.69, 9.17) is 10.5 Å². The van der Waals surface area contributed by atoms with Crippen LogP contribution in [0.5, 0.6) is 5.75 Å². The number of halogens is 1. The highest BCUT2D eigenvalue weighted by Crippen LogP contribution is 2.28. The molecule has 0 aliphatic carbocycles. The lowest BCUT2D eigenvalue weighted by Gasteiger charge is -2.18. The van der Waals surface area contributed by atoms with Crippen LogP contribution in [0.1, 0.15) is 18.9 Å². The molecule has 0 radical (unpaired) electrons. The normalized spacial score (nSPS) is 20.9. The molecule has 0 spiro atoms. The minimum Gasteiger partial charge on any atom is -0.496 e. The lowest BCUT2D eigenvalue weighted by Crippen LogP contribution is -2.33. The number of sulfonamides is 1. The zero-order valence-electron chi connectivity index (χ0n) is 12.6. The summed E-state index contributed by atoms with van der Waals surface area (Å²) in [6.45, 7) is 4.82. The monoisotopic (exact) mass is 334 g/mol. The smallest absolute Gasteiger partial charge is 0.243 e. The molecule has 1 fully saturated rings. The van der Waals surface area contributed by atoms with Crippen molar-refractivity contribution in [1.82, 2.24) is 4.31 Å². The van der Waals surface area contributed by atoms with Gasteiger partial charge in [0.25, 0.3) is 0 Å². The summed E-state index contributed by atoms with van der Waals surface area (Å²) in [5.74, 6) is 0.933. The van der Waals surface area contributed by atoms with Gasteiger partial charge in [-0.05, 0) is 49.9 Å². The standard InChI is InChI=1S/C14H22N2O3S.ClH/c1-10-8-13(4-5-14(10)19-3)20(17,18)16-7-6-12(9-16)11(2)15;/h4-5,8,11-12H,6-7,9,15H2,1-3H3;1H. The first kappa shape index (κ1) is 18.2. The molecule has 0 aromatic heterocycles. The van der Waals surface area contributed by atoms with Gasteiger partial charge in [-0.3, -0.25) is 0 Å². The first-order valence-electron chi connectivity index (χ1n) is 6.76. The molecule has 2 N–H and O–H groups in total. The molecule has 2 atom stereocenters. The molecule has 0 bridgehead atoms. The van der Waals surface area contributed by atoms with Crippen LogP contribution in [0.3, 0.4) is 0 Å². The Labute approximate surface area is 132 Å². The van der Waals surface area contributed by atoms with Gasteiger partial charge in [0, 0.05) is 19.1 Å². The number of nitrogens with two attached hydrogens (primary N) is 1. The predicted octanol–water partition coefficient (Wildman–Crippen LogP) is 1.78. The molecule has 0 saturated carbocycles. The molecule has 0 amide bonds. The fourth-order valence-corrected chi connectivity index (χ4v) is 4.16. The fraction of sp³-hybridized carbons (Fsp3) is 0.571. The Morgan fingerprint density at radius 2 is 2.10 bits per heavy atom. The van der Waals surface area contributed by atoms with Crippen molar-refractivity contribution in [2.45, 2.75) is 31.2 Å². The van der Waals surface area contributed by atoms with Crippen LogP contribution in [0.25, 0.3) is 0 Å². The van der Waals surface area contributed by atoms with Crippen molar-refractivity contribution in [2.75, 3.05) is 20.2 Å². The predicted molar refractivity (Wildman–Crippen MR) is 85.5 cm³/mol. The van der Waals surface area contributed by atoms with Crippen LogP contribution < -0.4 is 10.5 Å². The van der Waals surface area contributed by atoms with Gasteiger partial charge in [0.2, 0.25) is 10.0 Å². The van der Waals surface area contributed by atoms with Crippen LogP contribution in [-0.4, -0.2) is 39.0 Å². The van der Waals surface area contributed by atoms with Gasteiger partial charge < -0.3 is 10.5 Å². The van der Waals surface area contributed by atoms with Gasteiger partial charge in [-0.1, -0.05) is 0 Å². The Balaban J connectivity index is 0.00000220. The van der Waals surface area contributed by atoms with E-state index in [0.717, 1.165) is 12.0 Å².